The zero-order valence-electron chi connectivity index (χ0n) is 9.54. The van der Waals surface area contributed by atoms with Gasteiger partial charge < -0.3 is 9.84 Å². The quantitative estimate of drug-likeness (QED) is 0.489. The normalized spacial score (nSPS) is 9.56. The predicted molar refractivity (Wildman–Crippen MR) is 59.8 cm³/mol. The zero-order valence-corrected chi connectivity index (χ0v) is 9.54. The van der Waals surface area contributed by atoms with Crippen LogP contribution in [0.1, 0.15) is 18.1 Å². The summed E-state index contributed by atoms with van der Waals surface area (Å²) in [7, 11) is 0. The summed E-state index contributed by atoms with van der Waals surface area (Å²) < 4.78 is 4.70. The lowest BCUT2D eigenvalue weighted by atomic mass is 10.1. The Hall–Kier alpha value is -2.62. The van der Waals surface area contributed by atoms with Crippen molar-refractivity contribution in [2.45, 2.75) is 13.3 Å². The maximum Gasteiger partial charge on any atom is 0.312 e. The van der Waals surface area contributed by atoms with Crippen molar-refractivity contribution in [1.29, 1.82) is 5.26 Å². The second kappa shape index (κ2) is 5.63. The molecule has 1 N–H and O–H groups in total. The van der Waals surface area contributed by atoms with Crippen molar-refractivity contribution in [1.82, 2.24) is 0 Å². The van der Waals surface area contributed by atoms with E-state index in [-0.39, 0.29) is 24.2 Å². The third-order valence-corrected chi connectivity index (χ3v) is 2.12. The van der Waals surface area contributed by atoms with Gasteiger partial charge in [0.1, 0.15) is 11.6 Å². The number of ether oxygens (including phenoxy) is 1. The van der Waals surface area contributed by atoms with Gasteiger partial charge in [-0.3, -0.25) is 14.9 Å². The van der Waals surface area contributed by atoms with Gasteiger partial charge in [-0.1, -0.05) is 0 Å². The Morgan fingerprint density at radius 2 is 2.28 bits per heavy atom. The molecular formula is C11H10N2O5. The summed E-state index contributed by atoms with van der Waals surface area (Å²) in [6, 6.07) is 3.90. The van der Waals surface area contributed by atoms with Crippen LogP contribution in [0.15, 0.2) is 12.1 Å². The molecule has 1 rings (SSSR count). The van der Waals surface area contributed by atoms with Gasteiger partial charge in [-0.25, -0.2) is 0 Å². The fourth-order valence-electron chi connectivity index (χ4n) is 1.38. The highest BCUT2D eigenvalue weighted by molar-refractivity contribution is 5.73. The fraction of sp³-hybridized carbons (Fsp3) is 0.273. The molecule has 0 aliphatic carbocycles. The SMILES string of the molecule is CCOC(=O)Cc1cc(C#N)c(O)c([N+](=O)[O-])c1. The minimum absolute atomic E-state index is 0.191. The van der Waals surface area contributed by atoms with E-state index in [2.05, 4.69) is 0 Å². The van der Waals surface area contributed by atoms with Crippen LogP contribution >= 0.6 is 0 Å². The minimum Gasteiger partial charge on any atom is -0.501 e. The first-order chi connectivity index (χ1) is 8.49. The van der Waals surface area contributed by atoms with E-state index < -0.39 is 22.3 Å². The number of nitro benzene ring substituents is 1. The molecule has 0 aromatic heterocycles. The number of hydrogen-bond donors (Lipinski definition) is 1. The van der Waals surface area contributed by atoms with Crippen molar-refractivity contribution >= 4 is 11.7 Å². The second-order valence-electron chi connectivity index (χ2n) is 3.36. The summed E-state index contributed by atoms with van der Waals surface area (Å²) in [5.41, 5.74) is -0.605. The van der Waals surface area contributed by atoms with Gasteiger partial charge in [0.15, 0.2) is 0 Å². The lowest BCUT2D eigenvalue weighted by Gasteiger charge is -2.04. The molecule has 0 radical (unpaired) electrons. The molecular weight excluding hydrogens is 240 g/mol. The van der Waals surface area contributed by atoms with Crippen LogP contribution in [0.5, 0.6) is 5.75 Å². The highest BCUT2D eigenvalue weighted by Gasteiger charge is 2.20. The van der Waals surface area contributed by atoms with E-state index in [9.17, 15) is 20.0 Å². The molecule has 0 amide bonds. The van der Waals surface area contributed by atoms with Crippen LogP contribution in [-0.2, 0) is 16.0 Å². The lowest BCUT2D eigenvalue weighted by molar-refractivity contribution is -0.385. The molecule has 0 spiro atoms. The van der Waals surface area contributed by atoms with Crippen molar-refractivity contribution in [3.05, 3.63) is 33.4 Å². The van der Waals surface area contributed by atoms with Crippen molar-refractivity contribution in [3.63, 3.8) is 0 Å². The fourth-order valence-corrected chi connectivity index (χ4v) is 1.38. The first-order valence-electron chi connectivity index (χ1n) is 5.05. The first-order valence-corrected chi connectivity index (χ1v) is 5.05. The van der Waals surface area contributed by atoms with Gasteiger partial charge in [0, 0.05) is 6.07 Å². The molecule has 0 saturated heterocycles. The van der Waals surface area contributed by atoms with Gasteiger partial charge >= 0.3 is 11.7 Å². The number of phenols is 1. The van der Waals surface area contributed by atoms with Crippen LogP contribution < -0.4 is 0 Å². The summed E-state index contributed by atoms with van der Waals surface area (Å²) in [5, 5.41) is 28.9. The van der Waals surface area contributed by atoms with Crippen LogP contribution in [0.4, 0.5) is 5.69 Å². The molecule has 7 heteroatoms. The highest BCUT2D eigenvalue weighted by atomic mass is 16.6. The van der Waals surface area contributed by atoms with Gasteiger partial charge in [0.05, 0.1) is 18.0 Å². The Morgan fingerprint density at radius 3 is 2.78 bits per heavy atom. The molecule has 0 aliphatic rings. The molecule has 1 aromatic carbocycles. The van der Waals surface area contributed by atoms with Gasteiger partial charge in [-0.05, 0) is 18.6 Å². The number of phenolic OH excluding ortho intramolecular Hbond substituents is 1. The van der Waals surface area contributed by atoms with E-state index in [0.717, 1.165) is 6.07 Å². The number of nitriles is 1. The second-order valence-corrected chi connectivity index (χ2v) is 3.36. The molecule has 0 fully saturated rings. The lowest BCUT2D eigenvalue weighted by Crippen LogP contribution is -2.08. The first kappa shape index (κ1) is 13.4. The summed E-state index contributed by atoms with van der Waals surface area (Å²) >= 11 is 0. The molecule has 94 valence electrons. The number of aromatic hydroxyl groups is 1. The van der Waals surface area contributed by atoms with Crippen LogP contribution in [0.2, 0.25) is 0 Å². The number of esters is 1. The summed E-state index contributed by atoms with van der Waals surface area (Å²) in [6.45, 7) is 1.84. The summed E-state index contributed by atoms with van der Waals surface area (Å²) in [5.74, 6) is -1.25. The smallest absolute Gasteiger partial charge is 0.312 e. The predicted octanol–water partition coefficient (Wildman–Crippen LogP) is 1.28. The van der Waals surface area contributed by atoms with E-state index in [1.54, 1.807) is 13.0 Å². The molecule has 0 saturated carbocycles. The number of nitro groups is 1. The number of nitrogens with zero attached hydrogens (tertiary/aromatic N) is 2. The molecule has 0 heterocycles. The maximum atomic E-state index is 11.2. The molecule has 0 bridgehead atoms. The number of benzene rings is 1. The Kier molecular flexibility index (Phi) is 4.21. The number of carbonyl (C=O) groups is 1. The monoisotopic (exact) mass is 250 g/mol. The van der Waals surface area contributed by atoms with E-state index >= 15 is 0 Å². The number of carbonyl (C=O) groups excluding carboxylic acids is 1. The van der Waals surface area contributed by atoms with Gasteiger partial charge in [0.25, 0.3) is 0 Å². The van der Waals surface area contributed by atoms with E-state index in [4.69, 9.17) is 10.00 Å². The topological polar surface area (TPSA) is 113 Å². The maximum absolute atomic E-state index is 11.2. The highest BCUT2D eigenvalue weighted by Crippen LogP contribution is 2.30. The molecule has 0 atom stereocenters. The van der Waals surface area contributed by atoms with Gasteiger partial charge in [-0.2, -0.15) is 5.26 Å². The van der Waals surface area contributed by atoms with Crippen molar-refractivity contribution < 1.29 is 19.6 Å². The van der Waals surface area contributed by atoms with Crippen LogP contribution in [-0.4, -0.2) is 22.6 Å². The van der Waals surface area contributed by atoms with E-state index in [1.807, 2.05) is 0 Å². The third-order valence-electron chi connectivity index (χ3n) is 2.12. The Morgan fingerprint density at radius 1 is 1.61 bits per heavy atom. The molecule has 18 heavy (non-hydrogen) atoms. The average molecular weight is 250 g/mol. The largest absolute Gasteiger partial charge is 0.501 e. The van der Waals surface area contributed by atoms with Crippen LogP contribution in [0.3, 0.4) is 0 Å². The molecule has 0 unspecified atom stereocenters. The molecule has 7 nitrogen and oxygen atoms in total. The number of hydrogen-bond acceptors (Lipinski definition) is 6. The minimum atomic E-state index is -0.815. The van der Waals surface area contributed by atoms with Crippen LogP contribution in [0.25, 0.3) is 0 Å². The molecule has 1 aromatic rings. The Balaban J connectivity index is 3.15. The van der Waals surface area contributed by atoms with Crippen molar-refractivity contribution in [3.8, 4) is 11.8 Å². The molecule has 0 aliphatic heterocycles. The zero-order chi connectivity index (χ0) is 13.7. The van der Waals surface area contributed by atoms with Crippen molar-refractivity contribution in [2.75, 3.05) is 6.61 Å². The third kappa shape index (κ3) is 2.95. The Bertz CT molecular complexity index is 533. The Labute approximate surface area is 102 Å². The summed E-state index contributed by atoms with van der Waals surface area (Å²) in [6.07, 6.45) is -0.191. The average Bonchev–Trinajstić information content (AvgIpc) is 2.31. The van der Waals surface area contributed by atoms with Gasteiger partial charge in [0.2, 0.25) is 5.75 Å². The number of rotatable bonds is 4. The standard InChI is InChI=1S/C11H10N2O5/c1-2-18-10(14)5-7-3-8(6-12)11(15)9(4-7)13(16)17/h3-4,15H,2,5H2,1H3. The van der Waals surface area contributed by atoms with Crippen LogP contribution in [0, 0.1) is 21.4 Å². The van der Waals surface area contributed by atoms with Gasteiger partial charge in [-0.15, -0.1) is 0 Å². The van der Waals surface area contributed by atoms with E-state index in [1.165, 1.54) is 6.07 Å². The summed E-state index contributed by atoms with van der Waals surface area (Å²) in [4.78, 5) is 21.1. The van der Waals surface area contributed by atoms with E-state index in [0.29, 0.717) is 0 Å². The van der Waals surface area contributed by atoms with Crippen molar-refractivity contribution in [2.24, 2.45) is 0 Å².